The highest BCUT2D eigenvalue weighted by molar-refractivity contribution is 5.94. The van der Waals surface area contributed by atoms with E-state index < -0.39 is 0 Å². The van der Waals surface area contributed by atoms with Crippen molar-refractivity contribution in [1.29, 1.82) is 0 Å². The van der Waals surface area contributed by atoms with E-state index in [0.29, 0.717) is 18.0 Å². The van der Waals surface area contributed by atoms with Crippen LogP contribution < -0.4 is 15.4 Å². The van der Waals surface area contributed by atoms with Gasteiger partial charge in [-0.2, -0.15) is 0 Å². The van der Waals surface area contributed by atoms with Gasteiger partial charge in [0.15, 0.2) is 0 Å². The van der Waals surface area contributed by atoms with Gasteiger partial charge in [-0.3, -0.25) is 14.5 Å². The molecule has 1 aliphatic heterocycles. The Hall–Kier alpha value is -2.86. The van der Waals surface area contributed by atoms with Crippen molar-refractivity contribution in [2.45, 2.75) is 26.7 Å². The summed E-state index contributed by atoms with van der Waals surface area (Å²) in [7, 11) is 1.59. The first-order chi connectivity index (χ1) is 14.0. The minimum absolute atomic E-state index is 0.00822. The van der Waals surface area contributed by atoms with Crippen molar-refractivity contribution in [3.8, 4) is 5.75 Å². The third-order valence-corrected chi connectivity index (χ3v) is 5.35. The second-order valence-corrected chi connectivity index (χ2v) is 7.61. The lowest BCUT2D eigenvalue weighted by atomic mass is 9.95. The highest BCUT2D eigenvalue weighted by Crippen LogP contribution is 2.26. The lowest BCUT2D eigenvalue weighted by Gasteiger charge is -2.30. The number of likely N-dealkylation sites (tertiary alicyclic amines) is 1. The maximum Gasteiger partial charge on any atom is 0.238 e. The quantitative estimate of drug-likeness (QED) is 0.784. The van der Waals surface area contributed by atoms with Gasteiger partial charge in [0, 0.05) is 11.6 Å². The molecule has 1 heterocycles. The highest BCUT2D eigenvalue weighted by Gasteiger charge is 2.26. The molecule has 1 saturated heterocycles. The Kier molecular flexibility index (Phi) is 6.88. The molecular weight excluding hydrogens is 366 g/mol. The van der Waals surface area contributed by atoms with E-state index in [1.54, 1.807) is 7.11 Å². The van der Waals surface area contributed by atoms with Crippen molar-refractivity contribution >= 4 is 23.2 Å². The first-order valence-corrected chi connectivity index (χ1v) is 9.99. The predicted octanol–water partition coefficient (Wildman–Crippen LogP) is 3.60. The van der Waals surface area contributed by atoms with Gasteiger partial charge in [-0.25, -0.2) is 0 Å². The van der Waals surface area contributed by atoms with E-state index in [9.17, 15) is 9.59 Å². The summed E-state index contributed by atoms with van der Waals surface area (Å²) in [4.78, 5) is 27.1. The second kappa shape index (κ2) is 9.56. The van der Waals surface area contributed by atoms with Gasteiger partial charge in [-0.15, -0.1) is 0 Å². The molecule has 2 aromatic rings. The Morgan fingerprint density at radius 3 is 2.45 bits per heavy atom. The fourth-order valence-electron chi connectivity index (χ4n) is 3.68. The molecule has 6 nitrogen and oxygen atoms in total. The molecule has 0 atom stereocenters. The van der Waals surface area contributed by atoms with Crippen molar-refractivity contribution in [3.63, 3.8) is 0 Å². The topological polar surface area (TPSA) is 70.7 Å². The van der Waals surface area contributed by atoms with Crippen molar-refractivity contribution in [3.05, 3.63) is 53.6 Å². The Balaban J connectivity index is 1.47. The van der Waals surface area contributed by atoms with Gasteiger partial charge >= 0.3 is 0 Å². The number of nitrogens with one attached hydrogen (secondary N) is 2. The Bertz CT molecular complexity index is 873. The van der Waals surface area contributed by atoms with Crippen LogP contribution in [0, 0.1) is 19.8 Å². The van der Waals surface area contributed by atoms with Gasteiger partial charge in [0.1, 0.15) is 5.75 Å². The van der Waals surface area contributed by atoms with Crippen LogP contribution in [0.5, 0.6) is 5.75 Å². The van der Waals surface area contributed by atoms with Crippen LogP contribution in [0.15, 0.2) is 42.5 Å². The normalized spacial score (nSPS) is 15.0. The van der Waals surface area contributed by atoms with Gasteiger partial charge in [0.05, 0.1) is 19.3 Å². The molecule has 29 heavy (non-hydrogen) atoms. The van der Waals surface area contributed by atoms with Crippen LogP contribution in [0.3, 0.4) is 0 Å². The fourth-order valence-corrected chi connectivity index (χ4v) is 3.68. The van der Waals surface area contributed by atoms with Crippen LogP contribution in [-0.4, -0.2) is 43.5 Å². The monoisotopic (exact) mass is 395 g/mol. The molecule has 0 aliphatic carbocycles. The number of ether oxygens (including phenoxy) is 1. The van der Waals surface area contributed by atoms with Crippen molar-refractivity contribution in [2.24, 2.45) is 5.92 Å². The Labute approximate surface area is 172 Å². The number of methoxy groups -OCH3 is 1. The largest absolute Gasteiger partial charge is 0.495 e. The third kappa shape index (κ3) is 5.57. The number of carbonyl (C=O) groups is 2. The molecule has 2 amide bonds. The Morgan fingerprint density at radius 2 is 1.76 bits per heavy atom. The van der Waals surface area contributed by atoms with Crippen LogP contribution in [0.25, 0.3) is 0 Å². The minimum atomic E-state index is -0.0569. The number of amides is 2. The van der Waals surface area contributed by atoms with E-state index in [0.717, 1.165) is 37.2 Å². The zero-order valence-electron chi connectivity index (χ0n) is 17.3. The molecule has 2 N–H and O–H groups in total. The summed E-state index contributed by atoms with van der Waals surface area (Å²) >= 11 is 0. The average Bonchev–Trinajstić information content (AvgIpc) is 2.71. The molecule has 154 valence electrons. The van der Waals surface area contributed by atoms with E-state index in [2.05, 4.69) is 21.6 Å². The summed E-state index contributed by atoms with van der Waals surface area (Å²) in [5.41, 5.74) is 3.78. The van der Waals surface area contributed by atoms with Crippen LogP contribution in [0.1, 0.15) is 24.0 Å². The van der Waals surface area contributed by atoms with E-state index in [1.165, 1.54) is 5.56 Å². The second-order valence-electron chi connectivity index (χ2n) is 7.61. The predicted molar refractivity (Wildman–Crippen MR) is 115 cm³/mol. The Morgan fingerprint density at radius 1 is 1.03 bits per heavy atom. The van der Waals surface area contributed by atoms with Gasteiger partial charge in [-0.05, 0) is 63.5 Å². The first-order valence-electron chi connectivity index (χ1n) is 9.99. The fraction of sp³-hybridized carbons (Fsp3) is 0.391. The molecule has 1 aliphatic rings. The highest BCUT2D eigenvalue weighted by atomic mass is 16.5. The average molecular weight is 396 g/mol. The maximum atomic E-state index is 12.6. The van der Waals surface area contributed by atoms with Crippen LogP contribution >= 0.6 is 0 Å². The molecule has 3 rings (SSSR count). The number of carbonyl (C=O) groups excluding carboxylic acids is 2. The zero-order valence-corrected chi connectivity index (χ0v) is 17.3. The van der Waals surface area contributed by atoms with E-state index >= 15 is 0 Å². The SMILES string of the molecule is COc1ccccc1NC(=O)C1CCN(CC(=O)Nc2ccc(C)cc2C)CC1. The number of piperidine rings is 1. The van der Waals surface area contributed by atoms with Gasteiger partial charge in [0.2, 0.25) is 11.8 Å². The number of nitrogens with zero attached hydrogens (tertiary/aromatic N) is 1. The third-order valence-electron chi connectivity index (χ3n) is 5.35. The summed E-state index contributed by atoms with van der Waals surface area (Å²) in [5.74, 6) is 0.586. The first kappa shape index (κ1) is 20.9. The smallest absolute Gasteiger partial charge is 0.238 e. The van der Waals surface area contributed by atoms with Crippen molar-refractivity contribution in [2.75, 3.05) is 37.4 Å². The molecule has 1 fully saturated rings. The number of hydrogen-bond acceptors (Lipinski definition) is 4. The molecule has 0 bridgehead atoms. The molecule has 6 heteroatoms. The molecule has 0 unspecified atom stereocenters. The van der Waals surface area contributed by atoms with Crippen molar-refractivity contribution in [1.82, 2.24) is 4.90 Å². The molecular formula is C23H29N3O3. The number of rotatable bonds is 6. The number of benzene rings is 2. The zero-order chi connectivity index (χ0) is 20.8. The summed E-state index contributed by atoms with van der Waals surface area (Å²) in [5, 5.41) is 5.96. The lowest BCUT2D eigenvalue weighted by molar-refractivity contribution is -0.121. The van der Waals surface area contributed by atoms with Crippen LogP contribution in [0.2, 0.25) is 0 Å². The molecule has 0 radical (unpaired) electrons. The van der Waals surface area contributed by atoms with Gasteiger partial charge in [-0.1, -0.05) is 29.8 Å². The van der Waals surface area contributed by atoms with Crippen LogP contribution in [-0.2, 0) is 9.59 Å². The minimum Gasteiger partial charge on any atom is -0.495 e. The number of aryl methyl sites for hydroxylation is 2. The van der Waals surface area contributed by atoms with E-state index in [1.807, 2.05) is 50.2 Å². The molecule has 0 saturated carbocycles. The lowest BCUT2D eigenvalue weighted by Crippen LogP contribution is -2.41. The number of hydrogen-bond donors (Lipinski definition) is 2. The van der Waals surface area contributed by atoms with Crippen molar-refractivity contribution < 1.29 is 14.3 Å². The standard InChI is InChI=1S/C23H29N3O3/c1-16-8-9-19(17(2)14-16)24-22(27)15-26-12-10-18(11-13-26)23(28)25-20-6-4-5-7-21(20)29-3/h4-9,14,18H,10-13,15H2,1-3H3,(H,24,27)(H,25,28). The molecule has 0 spiro atoms. The van der Waals surface area contributed by atoms with E-state index in [4.69, 9.17) is 4.74 Å². The summed E-state index contributed by atoms with van der Waals surface area (Å²) in [6.45, 7) is 5.82. The maximum absolute atomic E-state index is 12.6. The molecule has 2 aromatic carbocycles. The number of para-hydroxylation sites is 2. The summed E-state index contributed by atoms with van der Waals surface area (Å²) < 4.78 is 5.29. The van der Waals surface area contributed by atoms with Crippen LogP contribution in [0.4, 0.5) is 11.4 Å². The molecule has 0 aromatic heterocycles. The van der Waals surface area contributed by atoms with Gasteiger partial charge < -0.3 is 15.4 Å². The number of anilines is 2. The summed E-state index contributed by atoms with van der Waals surface area (Å²) in [6.07, 6.45) is 1.47. The van der Waals surface area contributed by atoms with Gasteiger partial charge in [0.25, 0.3) is 0 Å². The summed E-state index contributed by atoms with van der Waals surface area (Å²) in [6, 6.07) is 13.4. The van der Waals surface area contributed by atoms with E-state index in [-0.39, 0.29) is 17.7 Å².